The molecule has 102 valence electrons. The van der Waals surface area contributed by atoms with Gasteiger partial charge in [-0.2, -0.15) is 0 Å². The van der Waals surface area contributed by atoms with E-state index < -0.39 is 0 Å². The van der Waals surface area contributed by atoms with Crippen LogP contribution in [-0.4, -0.2) is 12.1 Å². The molecule has 0 saturated carbocycles. The van der Waals surface area contributed by atoms with Crippen LogP contribution in [0.5, 0.6) is 11.5 Å². The highest BCUT2D eigenvalue weighted by molar-refractivity contribution is 7.09. The summed E-state index contributed by atoms with van der Waals surface area (Å²) < 4.78 is 11.1. The fourth-order valence-corrected chi connectivity index (χ4v) is 2.38. The van der Waals surface area contributed by atoms with Crippen LogP contribution >= 0.6 is 11.3 Å². The van der Waals surface area contributed by atoms with Crippen LogP contribution in [0.1, 0.15) is 29.2 Å². The van der Waals surface area contributed by atoms with E-state index in [1.165, 1.54) is 0 Å². The minimum Gasteiger partial charge on any atom is -0.493 e. The maximum Gasteiger partial charge on any atom is 0.161 e. The normalized spacial score (nSPS) is 12.2. The molecule has 2 aromatic rings. The first-order chi connectivity index (χ1) is 9.10. The lowest BCUT2D eigenvalue weighted by Crippen LogP contribution is -2.05. The average molecular weight is 278 g/mol. The highest BCUT2D eigenvalue weighted by Gasteiger charge is 2.09. The van der Waals surface area contributed by atoms with Gasteiger partial charge in [-0.15, -0.1) is 11.3 Å². The third-order valence-electron chi connectivity index (χ3n) is 2.73. The Balaban J connectivity index is 2.11. The Morgan fingerprint density at radius 1 is 1.37 bits per heavy atom. The number of benzene rings is 1. The zero-order valence-electron chi connectivity index (χ0n) is 11.3. The van der Waals surface area contributed by atoms with Crippen LogP contribution in [0.3, 0.4) is 0 Å². The molecule has 1 heterocycles. The summed E-state index contributed by atoms with van der Waals surface area (Å²) >= 11 is 1.59. The largest absolute Gasteiger partial charge is 0.493 e. The Labute approximate surface area is 117 Å². The summed E-state index contributed by atoms with van der Waals surface area (Å²) in [7, 11) is 1.63. The molecule has 0 unspecified atom stereocenters. The van der Waals surface area contributed by atoms with Gasteiger partial charge in [0.1, 0.15) is 11.6 Å². The Hall–Kier alpha value is -1.59. The van der Waals surface area contributed by atoms with Crippen LogP contribution in [0.4, 0.5) is 0 Å². The van der Waals surface area contributed by atoms with E-state index in [-0.39, 0.29) is 6.04 Å². The van der Waals surface area contributed by atoms with Crippen molar-refractivity contribution in [3.8, 4) is 11.5 Å². The van der Waals surface area contributed by atoms with Gasteiger partial charge in [0.25, 0.3) is 0 Å². The zero-order chi connectivity index (χ0) is 13.8. The van der Waals surface area contributed by atoms with Gasteiger partial charge in [-0.25, -0.2) is 4.98 Å². The van der Waals surface area contributed by atoms with E-state index in [0.717, 1.165) is 16.3 Å². The van der Waals surface area contributed by atoms with Crippen molar-refractivity contribution in [1.29, 1.82) is 0 Å². The molecule has 19 heavy (non-hydrogen) atoms. The summed E-state index contributed by atoms with van der Waals surface area (Å²) in [5, 5.41) is 2.96. The predicted molar refractivity (Wildman–Crippen MR) is 76.8 cm³/mol. The fraction of sp³-hybridized carbons (Fsp3) is 0.357. The van der Waals surface area contributed by atoms with E-state index in [2.05, 4.69) is 4.98 Å². The van der Waals surface area contributed by atoms with Crippen LogP contribution in [0, 0.1) is 6.92 Å². The number of hydrogen-bond acceptors (Lipinski definition) is 5. The molecule has 0 aliphatic carbocycles. The molecule has 4 nitrogen and oxygen atoms in total. The maximum atomic E-state index is 5.85. The Kier molecular flexibility index (Phi) is 4.39. The Morgan fingerprint density at radius 3 is 2.74 bits per heavy atom. The first-order valence-corrected chi connectivity index (χ1v) is 6.95. The number of aromatic nitrogens is 1. The summed E-state index contributed by atoms with van der Waals surface area (Å²) in [6, 6.07) is 5.73. The van der Waals surface area contributed by atoms with Gasteiger partial charge in [0.05, 0.1) is 7.11 Å². The van der Waals surface area contributed by atoms with Crippen molar-refractivity contribution < 1.29 is 9.47 Å². The molecule has 0 aliphatic rings. The summed E-state index contributed by atoms with van der Waals surface area (Å²) in [5.74, 6) is 1.41. The SMILES string of the molecule is COc1cc([C@H](C)N)ccc1OCc1nc(C)cs1. The lowest BCUT2D eigenvalue weighted by atomic mass is 10.1. The molecule has 0 fully saturated rings. The molecule has 1 aromatic heterocycles. The van der Waals surface area contributed by atoms with E-state index in [4.69, 9.17) is 15.2 Å². The van der Waals surface area contributed by atoms with Crippen LogP contribution < -0.4 is 15.2 Å². The molecule has 0 saturated heterocycles. The quantitative estimate of drug-likeness (QED) is 0.913. The second-order valence-electron chi connectivity index (χ2n) is 4.37. The molecule has 0 amide bonds. The van der Waals surface area contributed by atoms with Gasteiger partial charge in [0, 0.05) is 17.1 Å². The third kappa shape index (κ3) is 3.45. The standard InChI is InChI=1S/C14H18N2O2S/c1-9-8-19-14(16-9)7-18-12-5-4-11(10(2)15)6-13(12)17-3/h4-6,8,10H,7,15H2,1-3H3/t10-/m0/s1. The summed E-state index contributed by atoms with van der Waals surface area (Å²) in [6.45, 7) is 4.36. The predicted octanol–water partition coefficient (Wildman–Crippen LogP) is 3.06. The zero-order valence-corrected chi connectivity index (χ0v) is 12.2. The van der Waals surface area contributed by atoms with Crippen LogP contribution in [0.25, 0.3) is 0 Å². The lowest BCUT2D eigenvalue weighted by Gasteiger charge is -2.13. The second kappa shape index (κ2) is 6.04. The van der Waals surface area contributed by atoms with E-state index in [9.17, 15) is 0 Å². The fourth-order valence-electron chi connectivity index (χ4n) is 1.70. The van der Waals surface area contributed by atoms with E-state index >= 15 is 0 Å². The monoisotopic (exact) mass is 278 g/mol. The molecule has 0 radical (unpaired) electrons. The number of aryl methyl sites for hydroxylation is 1. The number of nitrogens with zero attached hydrogens (tertiary/aromatic N) is 1. The molecule has 0 spiro atoms. The van der Waals surface area contributed by atoms with Crippen LogP contribution in [0.15, 0.2) is 23.6 Å². The van der Waals surface area contributed by atoms with Crippen molar-refractivity contribution in [2.75, 3.05) is 7.11 Å². The number of rotatable bonds is 5. The maximum absolute atomic E-state index is 5.85. The molecule has 0 aliphatic heterocycles. The molecule has 5 heteroatoms. The van der Waals surface area contributed by atoms with Crippen molar-refractivity contribution in [3.05, 3.63) is 39.8 Å². The number of nitrogens with two attached hydrogens (primary N) is 1. The first kappa shape index (κ1) is 13.8. The van der Waals surface area contributed by atoms with Gasteiger partial charge >= 0.3 is 0 Å². The molecule has 0 bridgehead atoms. The highest BCUT2D eigenvalue weighted by Crippen LogP contribution is 2.30. The van der Waals surface area contributed by atoms with E-state index in [1.807, 2.05) is 37.4 Å². The molecular weight excluding hydrogens is 260 g/mol. The molecular formula is C14H18N2O2S. The Bertz CT molecular complexity index is 552. The van der Waals surface area contributed by atoms with Gasteiger partial charge < -0.3 is 15.2 Å². The van der Waals surface area contributed by atoms with Crippen molar-refractivity contribution in [2.45, 2.75) is 26.5 Å². The number of methoxy groups -OCH3 is 1. The molecule has 2 rings (SSSR count). The smallest absolute Gasteiger partial charge is 0.161 e. The summed E-state index contributed by atoms with van der Waals surface area (Å²) in [4.78, 5) is 4.36. The number of ether oxygens (including phenoxy) is 2. The van der Waals surface area contributed by atoms with Gasteiger partial charge in [-0.1, -0.05) is 6.07 Å². The third-order valence-corrected chi connectivity index (χ3v) is 3.67. The highest BCUT2D eigenvalue weighted by atomic mass is 32.1. The van der Waals surface area contributed by atoms with Gasteiger partial charge in [0.2, 0.25) is 0 Å². The van der Waals surface area contributed by atoms with Crippen molar-refractivity contribution in [1.82, 2.24) is 4.98 Å². The number of hydrogen-bond donors (Lipinski definition) is 1. The topological polar surface area (TPSA) is 57.4 Å². The summed E-state index contributed by atoms with van der Waals surface area (Å²) in [5.41, 5.74) is 7.89. The number of thiazole rings is 1. The first-order valence-electron chi connectivity index (χ1n) is 6.07. The van der Waals surface area contributed by atoms with Crippen LogP contribution in [-0.2, 0) is 6.61 Å². The van der Waals surface area contributed by atoms with Gasteiger partial charge in [-0.3, -0.25) is 0 Å². The minimum atomic E-state index is -0.0236. The van der Waals surface area contributed by atoms with Crippen molar-refractivity contribution >= 4 is 11.3 Å². The van der Waals surface area contributed by atoms with Gasteiger partial charge in [0.15, 0.2) is 11.5 Å². The summed E-state index contributed by atoms with van der Waals surface area (Å²) in [6.07, 6.45) is 0. The lowest BCUT2D eigenvalue weighted by molar-refractivity contribution is 0.283. The minimum absolute atomic E-state index is 0.0236. The molecule has 1 atom stereocenters. The van der Waals surface area contributed by atoms with Gasteiger partial charge in [-0.05, 0) is 31.5 Å². The Morgan fingerprint density at radius 2 is 2.16 bits per heavy atom. The second-order valence-corrected chi connectivity index (χ2v) is 5.31. The van der Waals surface area contributed by atoms with Crippen LogP contribution in [0.2, 0.25) is 0 Å². The average Bonchev–Trinajstić information content (AvgIpc) is 2.81. The van der Waals surface area contributed by atoms with E-state index in [1.54, 1.807) is 18.4 Å². The molecule has 2 N–H and O–H groups in total. The van der Waals surface area contributed by atoms with Crippen molar-refractivity contribution in [2.24, 2.45) is 5.73 Å². The molecule has 1 aromatic carbocycles. The van der Waals surface area contributed by atoms with Crippen molar-refractivity contribution in [3.63, 3.8) is 0 Å². The van der Waals surface area contributed by atoms with E-state index in [0.29, 0.717) is 18.1 Å².